The Labute approximate surface area is 168 Å². The Morgan fingerprint density at radius 2 is 1.68 bits per heavy atom. The number of H-pyrrole nitrogens is 1. The van der Waals surface area contributed by atoms with Gasteiger partial charge >= 0.3 is 0 Å². The number of fused-ring (bicyclic) bond motifs is 1. The van der Waals surface area contributed by atoms with Gasteiger partial charge in [-0.25, -0.2) is 4.39 Å². The Morgan fingerprint density at radius 1 is 1.00 bits per heavy atom. The van der Waals surface area contributed by atoms with E-state index < -0.39 is 0 Å². The number of nitrogens with zero attached hydrogens (tertiary/aromatic N) is 1. The van der Waals surface area contributed by atoms with Crippen LogP contribution >= 0.6 is 11.8 Å². The molecule has 0 aliphatic heterocycles. The van der Waals surface area contributed by atoms with Crippen molar-refractivity contribution in [3.05, 3.63) is 107 Å². The number of para-hydroxylation sites is 1. The van der Waals surface area contributed by atoms with Crippen molar-refractivity contribution in [2.24, 2.45) is 0 Å². The number of benzene rings is 3. The summed E-state index contributed by atoms with van der Waals surface area (Å²) in [5.74, 6) is 0.644. The largest absolute Gasteiger partial charge is 0.361 e. The summed E-state index contributed by atoms with van der Waals surface area (Å²) in [6.07, 6.45) is 4.15. The monoisotopic (exact) mass is 386 g/mol. The van der Waals surface area contributed by atoms with E-state index in [4.69, 9.17) is 5.26 Å². The van der Waals surface area contributed by atoms with Crippen LogP contribution in [0.2, 0.25) is 0 Å². The van der Waals surface area contributed by atoms with Crippen molar-refractivity contribution < 1.29 is 4.39 Å². The first-order chi connectivity index (χ1) is 13.7. The fraction of sp³-hybridized carbons (Fsp3) is 0.125. The van der Waals surface area contributed by atoms with Gasteiger partial charge in [-0.1, -0.05) is 42.5 Å². The molecule has 0 fully saturated rings. The van der Waals surface area contributed by atoms with Crippen molar-refractivity contribution in [1.29, 1.82) is 5.26 Å². The maximum absolute atomic E-state index is 13.5. The van der Waals surface area contributed by atoms with Crippen LogP contribution in [0.5, 0.6) is 0 Å². The van der Waals surface area contributed by atoms with Gasteiger partial charge in [-0.2, -0.15) is 17.0 Å². The van der Waals surface area contributed by atoms with E-state index in [0.717, 1.165) is 28.0 Å². The molecule has 3 aromatic carbocycles. The van der Waals surface area contributed by atoms with E-state index in [0.29, 0.717) is 5.56 Å². The highest BCUT2D eigenvalue weighted by Gasteiger charge is 2.21. The van der Waals surface area contributed by atoms with Crippen LogP contribution in [0.15, 0.2) is 72.9 Å². The second kappa shape index (κ2) is 7.92. The van der Waals surface area contributed by atoms with Crippen molar-refractivity contribution >= 4 is 22.7 Å². The average molecular weight is 386 g/mol. The molecule has 1 atom stereocenters. The Hall–Kier alpha value is -3.03. The minimum Gasteiger partial charge on any atom is -0.361 e. The van der Waals surface area contributed by atoms with Crippen LogP contribution in [0, 0.1) is 17.1 Å². The predicted octanol–water partition coefficient (Wildman–Crippen LogP) is 6.22. The zero-order valence-electron chi connectivity index (χ0n) is 15.4. The molecule has 1 unspecified atom stereocenters. The maximum Gasteiger partial charge on any atom is 0.123 e. The molecule has 1 N–H and O–H groups in total. The Balaban J connectivity index is 1.90. The zero-order valence-corrected chi connectivity index (χ0v) is 16.3. The zero-order chi connectivity index (χ0) is 19.5. The molecule has 0 bridgehead atoms. The van der Waals surface area contributed by atoms with E-state index in [1.54, 1.807) is 11.8 Å². The molecule has 0 spiro atoms. The number of hydrogen-bond acceptors (Lipinski definition) is 2. The molecule has 0 saturated carbocycles. The number of thioether (sulfide) groups is 1. The van der Waals surface area contributed by atoms with Crippen LogP contribution in [-0.4, -0.2) is 11.2 Å². The number of aromatic amines is 1. The second-order valence-electron chi connectivity index (χ2n) is 6.74. The molecular formula is C24H19FN2S. The highest BCUT2D eigenvalue weighted by Crippen LogP contribution is 2.37. The first-order valence-corrected chi connectivity index (χ1v) is 10.4. The lowest BCUT2D eigenvalue weighted by Gasteiger charge is -2.18. The lowest BCUT2D eigenvalue weighted by Crippen LogP contribution is -2.03. The first kappa shape index (κ1) is 18.3. The van der Waals surface area contributed by atoms with Crippen LogP contribution in [0.4, 0.5) is 4.39 Å². The second-order valence-corrected chi connectivity index (χ2v) is 7.60. The van der Waals surface area contributed by atoms with Gasteiger partial charge in [0.15, 0.2) is 0 Å². The van der Waals surface area contributed by atoms with Gasteiger partial charge in [0.25, 0.3) is 0 Å². The number of rotatable bonds is 5. The molecule has 4 rings (SSSR count). The summed E-state index contributed by atoms with van der Waals surface area (Å²) in [5, 5.41) is 10.3. The summed E-state index contributed by atoms with van der Waals surface area (Å²) in [6.45, 7) is 0. The molecule has 4 aromatic rings. The quantitative estimate of drug-likeness (QED) is 0.442. The van der Waals surface area contributed by atoms with E-state index >= 15 is 0 Å². The van der Waals surface area contributed by atoms with Crippen molar-refractivity contribution in [2.75, 3.05) is 6.26 Å². The van der Waals surface area contributed by atoms with E-state index in [2.05, 4.69) is 41.7 Å². The lowest BCUT2D eigenvalue weighted by molar-refractivity contribution is 0.627. The van der Waals surface area contributed by atoms with Gasteiger partial charge in [0.05, 0.1) is 11.6 Å². The van der Waals surface area contributed by atoms with Crippen LogP contribution in [0.3, 0.4) is 0 Å². The van der Waals surface area contributed by atoms with Crippen molar-refractivity contribution in [2.45, 2.75) is 11.7 Å². The standard InChI is InChI=1S/C24H19FN2S/c1-28-15-19-3-2-4-21-22(14-27-24(19)21)23(18-9-11-20(25)12-10-18)17-7-5-16(13-26)6-8-17/h2-12,14,23,27H,15H2,1H3. The summed E-state index contributed by atoms with van der Waals surface area (Å²) >= 11 is 1.79. The maximum atomic E-state index is 13.5. The average Bonchev–Trinajstić information content (AvgIpc) is 3.15. The number of hydrogen-bond donors (Lipinski definition) is 1. The molecule has 0 saturated heterocycles. The molecule has 4 heteroatoms. The summed E-state index contributed by atoms with van der Waals surface area (Å²) in [5.41, 5.74) is 6.28. The van der Waals surface area contributed by atoms with Gasteiger partial charge in [-0.3, -0.25) is 0 Å². The van der Waals surface area contributed by atoms with Gasteiger partial charge in [-0.15, -0.1) is 0 Å². The topological polar surface area (TPSA) is 39.6 Å². The molecule has 1 heterocycles. The third-order valence-electron chi connectivity index (χ3n) is 5.02. The van der Waals surface area contributed by atoms with Crippen molar-refractivity contribution in [3.8, 4) is 6.07 Å². The Kier molecular flexibility index (Phi) is 5.18. The summed E-state index contributed by atoms with van der Waals surface area (Å²) < 4.78 is 13.5. The number of nitriles is 1. The van der Waals surface area contributed by atoms with Gasteiger partial charge in [-0.05, 0) is 52.8 Å². The van der Waals surface area contributed by atoms with Crippen LogP contribution in [0.1, 0.15) is 33.7 Å². The molecule has 138 valence electrons. The summed E-state index contributed by atoms with van der Waals surface area (Å²) in [7, 11) is 0. The van der Waals surface area contributed by atoms with Crippen molar-refractivity contribution in [3.63, 3.8) is 0 Å². The third kappa shape index (κ3) is 3.42. The fourth-order valence-corrected chi connectivity index (χ4v) is 4.26. The first-order valence-electron chi connectivity index (χ1n) is 9.04. The normalized spacial score (nSPS) is 12.0. The molecule has 0 amide bonds. The van der Waals surface area contributed by atoms with Gasteiger partial charge < -0.3 is 4.98 Å². The van der Waals surface area contributed by atoms with Crippen LogP contribution in [-0.2, 0) is 5.75 Å². The highest BCUT2D eigenvalue weighted by atomic mass is 32.2. The van der Waals surface area contributed by atoms with E-state index in [1.165, 1.54) is 23.1 Å². The Morgan fingerprint density at radius 3 is 2.32 bits per heavy atom. The molecule has 0 radical (unpaired) electrons. The Bertz CT molecular complexity index is 1140. The van der Waals surface area contributed by atoms with Gasteiger partial charge in [0.2, 0.25) is 0 Å². The number of nitrogens with one attached hydrogen (secondary N) is 1. The predicted molar refractivity (Wildman–Crippen MR) is 114 cm³/mol. The minimum absolute atomic E-state index is 0.0494. The number of aromatic nitrogens is 1. The molecule has 28 heavy (non-hydrogen) atoms. The molecule has 0 aliphatic carbocycles. The van der Waals surface area contributed by atoms with E-state index in [-0.39, 0.29) is 11.7 Å². The summed E-state index contributed by atoms with van der Waals surface area (Å²) in [4.78, 5) is 3.46. The smallest absolute Gasteiger partial charge is 0.123 e. The summed E-state index contributed by atoms with van der Waals surface area (Å²) in [6, 6.07) is 22.8. The third-order valence-corrected chi connectivity index (χ3v) is 5.62. The lowest BCUT2D eigenvalue weighted by atomic mass is 9.84. The van der Waals surface area contributed by atoms with Gasteiger partial charge in [0, 0.05) is 28.8 Å². The molecular weight excluding hydrogens is 367 g/mol. The van der Waals surface area contributed by atoms with E-state index in [9.17, 15) is 4.39 Å². The fourth-order valence-electron chi connectivity index (χ4n) is 3.71. The van der Waals surface area contributed by atoms with Crippen molar-refractivity contribution in [1.82, 2.24) is 4.98 Å². The van der Waals surface area contributed by atoms with Crippen LogP contribution < -0.4 is 0 Å². The van der Waals surface area contributed by atoms with Gasteiger partial charge in [0.1, 0.15) is 5.82 Å². The molecule has 2 nitrogen and oxygen atoms in total. The number of halogens is 1. The van der Waals surface area contributed by atoms with E-state index in [1.807, 2.05) is 36.4 Å². The molecule has 1 aromatic heterocycles. The highest BCUT2D eigenvalue weighted by molar-refractivity contribution is 7.97. The SMILES string of the molecule is CSCc1cccc2c(C(c3ccc(F)cc3)c3ccc(C#N)cc3)c[nH]c12. The molecule has 0 aliphatic rings. The van der Waals surface area contributed by atoms with Crippen LogP contribution in [0.25, 0.3) is 10.9 Å². The minimum atomic E-state index is -0.247.